The Balaban J connectivity index is 2.87. The summed E-state index contributed by atoms with van der Waals surface area (Å²) in [5, 5.41) is 3.38. The number of nitrogens with one attached hydrogen (secondary N) is 1. The third-order valence-electron chi connectivity index (χ3n) is 4.90. The van der Waals surface area contributed by atoms with Crippen LogP contribution in [0.5, 0.6) is 0 Å². The third-order valence-corrected chi connectivity index (χ3v) is 4.90. The zero-order chi connectivity index (χ0) is 14.7. The second kappa shape index (κ2) is 6.25. The van der Waals surface area contributed by atoms with Gasteiger partial charge in [-0.1, -0.05) is 34.1 Å². The number of amides is 1. The fourth-order valence-electron chi connectivity index (χ4n) is 3.09. The molecule has 1 fully saturated rings. The number of piperidine rings is 1. The highest BCUT2D eigenvalue weighted by atomic mass is 16.2. The Labute approximate surface area is 119 Å². The van der Waals surface area contributed by atoms with Crippen molar-refractivity contribution in [1.82, 2.24) is 10.2 Å². The highest BCUT2D eigenvalue weighted by Crippen LogP contribution is 2.37. The molecule has 19 heavy (non-hydrogen) atoms. The molecule has 1 amide bonds. The Bertz CT molecular complexity index is 295. The molecule has 1 atom stereocenters. The van der Waals surface area contributed by atoms with Crippen molar-refractivity contribution in [2.24, 2.45) is 10.8 Å². The molecular formula is C16H32N2O. The second-order valence-electron chi connectivity index (χ2n) is 7.24. The maximum Gasteiger partial charge on any atom is 0.228 e. The van der Waals surface area contributed by atoms with Gasteiger partial charge in [0.25, 0.3) is 0 Å². The van der Waals surface area contributed by atoms with Crippen LogP contribution in [0.4, 0.5) is 0 Å². The van der Waals surface area contributed by atoms with Gasteiger partial charge in [-0.15, -0.1) is 0 Å². The average Bonchev–Trinajstić information content (AvgIpc) is 2.36. The van der Waals surface area contributed by atoms with Gasteiger partial charge in [-0.3, -0.25) is 4.79 Å². The van der Waals surface area contributed by atoms with Crippen molar-refractivity contribution in [1.29, 1.82) is 0 Å². The van der Waals surface area contributed by atoms with Gasteiger partial charge in [-0.05, 0) is 44.7 Å². The summed E-state index contributed by atoms with van der Waals surface area (Å²) in [5.41, 5.74) is 0.0129. The van der Waals surface area contributed by atoms with Crippen molar-refractivity contribution in [2.45, 2.75) is 66.3 Å². The largest absolute Gasteiger partial charge is 0.342 e. The van der Waals surface area contributed by atoms with E-state index in [1.54, 1.807) is 0 Å². The molecule has 1 N–H and O–H groups in total. The van der Waals surface area contributed by atoms with Gasteiger partial charge in [0.15, 0.2) is 0 Å². The monoisotopic (exact) mass is 268 g/mol. The topological polar surface area (TPSA) is 32.3 Å². The summed E-state index contributed by atoms with van der Waals surface area (Å²) in [5.74, 6) is 0.360. The van der Waals surface area contributed by atoms with Gasteiger partial charge in [0.2, 0.25) is 5.91 Å². The van der Waals surface area contributed by atoms with Crippen LogP contribution in [-0.4, -0.2) is 37.0 Å². The molecule has 3 nitrogen and oxygen atoms in total. The Hall–Kier alpha value is -0.570. The molecule has 0 aromatic rings. The first kappa shape index (κ1) is 16.5. The molecule has 0 bridgehead atoms. The maximum atomic E-state index is 13.0. The minimum absolute atomic E-state index is 0.117. The van der Waals surface area contributed by atoms with Crippen molar-refractivity contribution in [3.8, 4) is 0 Å². The quantitative estimate of drug-likeness (QED) is 0.850. The molecule has 0 aromatic carbocycles. The first-order chi connectivity index (χ1) is 8.74. The van der Waals surface area contributed by atoms with E-state index in [1.807, 2.05) is 11.9 Å². The SMILES string of the molecule is CCCC1(C(=O)N(C)C(C)C(C)(C)C)CCNCC1. The van der Waals surface area contributed by atoms with Gasteiger partial charge >= 0.3 is 0 Å². The average molecular weight is 268 g/mol. The lowest BCUT2D eigenvalue weighted by Crippen LogP contribution is -2.52. The predicted molar refractivity (Wildman–Crippen MR) is 81.1 cm³/mol. The first-order valence-corrected chi connectivity index (χ1v) is 7.72. The highest BCUT2D eigenvalue weighted by Gasteiger charge is 2.42. The molecular weight excluding hydrogens is 236 g/mol. The number of carbonyl (C=O) groups excluding carboxylic acids is 1. The molecule has 0 aromatic heterocycles. The summed E-state index contributed by atoms with van der Waals surface area (Å²) >= 11 is 0. The van der Waals surface area contributed by atoms with Crippen LogP contribution < -0.4 is 5.32 Å². The van der Waals surface area contributed by atoms with Gasteiger partial charge in [0.05, 0.1) is 5.41 Å². The molecule has 1 unspecified atom stereocenters. The van der Waals surface area contributed by atoms with E-state index >= 15 is 0 Å². The lowest BCUT2D eigenvalue weighted by molar-refractivity contribution is -0.147. The van der Waals surface area contributed by atoms with E-state index in [1.165, 1.54) is 0 Å². The van der Waals surface area contributed by atoms with E-state index in [9.17, 15) is 4.79 Å². The molecule has 1 aliphatic heterocycles. The van der Waals surface area contributed by atoms with Crippen LogP contribution in [0, 0.1) is 10.8 Å². The number of hydrogen-bond donors (Lipinski definition) is 1. The van der Waals surface area contributed by atoms with Gasteiger partial charge in [-0.25, -0.2) is 0 Å². The van der Waals surface area contributed by atoms with Crippen molar-refractivity contribution in [3.63, 3.8) is 0 Å². The predicted octanol–water partition coefficient (Wildman–Crippen LogP) is 3.05. The summed E-state index contributed by atoms with van der Waals surface area (Å²) < 4.78 is 0. The fraction of sp³-hybridized carbons (Fsp3) is 0.938. The normalized spacial score (nSPS) is 20.9. The van der Waals surface area contributed by atoms with Crippen LogP contribution in [-0.2, 0) is 4.79 Å². The van der Waals surface area contributed by atoms with Gasteiger partial charge in [0, 0.05) is 13.1 Å². The van der Waals surface area contributed by atoms with Gasteiger partial charge in [0.1, 0.15) is 0 Å². The standard InChI is InChI=1S/C16H32N2O/c1-7-8-16(9-11-17-12-10-16)14(19)18(6)13(2)15(3,4)5/h13,17H,7-12H2,1-6H3. The van der Waals surface area contributed by atoms with E-state index in [2.05, 4.69) is 39.9 Å². The lowest BCUT2D eigenvalue weighted by Gasteiger charge is -2.43. The molecule has 0 spiro atoms. The molecule has 0 aliphatic carbocycles. The molecule has 1 heterocycles. The van der Waals surface area contributed by atoms with Gasteiger partial charge in [-0.2, -0.15) is 0 Å². The van der Waals surface area contributed by atoms with E-state index in [0.717, 1.165) is 38.8 Å². The Morgan fingerprint density at radius 2 is 1.84 bits per heavy atom. The van der Waals surface area contributed by atoms with E-state index in [0.29, 0.717) is 5.91 Å². The Morgan fingerprint density at radius 1 is 1.32 bits per heavy atom. The highest BCUT2D eigenvalue weighted by molar-refractivity contribution is 5.83. The maximum absolute atomic E-state index is 13.0. The van der Waals surface area contributed by atoms with E-state index < -0.39 is 0 Å². The summed E-state index contributed by atoms with van der Waals surface area (Å²) in [6, 6.07) is 0.267. The van der Waals surface area contributed by atoms with Crippen molar-refractivity contribution in [2.75, 3.05) is 20.1 Å². The molecule has 1 aliphatic rings. The van der Waals surface area contributed by atoms with Crippen molar-refractivity contribution < 1.29 is 4.79 Å². The summed E-state index contributed by atoms with van der Waals surface area (Å²) in [7, 11) is 1.98. The van der Waals surface area contributed by atoms with Crippen LogP contribution in [0.2, 0.25) is 0 Å². The number of carbonyl (C=O) groups is 1. The summed E-state index contributed by atoms with van der Waals surface area (Å²) in [4.78, 5) is 15.0. The zero-order valence-electron chi connectivity index (χ0n) is 13.7. The summed E-state index contributed by atoms with van der Waals surface area (Å²) in [6.45, 7) is 12.9. The molecule has 0 radical (unpaired) electrons. The molecule has 1 rings (SSSR count). The smallest absolute Gasteiger partial charge is 0.228 e. The second-order valence-corrected chi connectivity index (χ2v) is 7.24. The van der Waals surface area contributed by atoms with Crippen LogP contribution >= 0.6 is 0 Å². The minimum atomic E-state index is -0.117. The Morgan fingerprint density at radius 3 is 2.26 bits per heavy atom. The summed E-state index contributed by atoms with van der Waals surface area (Å²) in [6.07, 6.45) is 4.08. The van der Waals surface area contributed by atoms with Crippen LogP contribution in [0.1, 0.15) is 60.3 Å². The van der Waals surface area contributed by atoms with Crippen molar-refractivity contribution >= 4 is 5.91 Å². The Kier molecular flexibility index (Phi) is 5.43. The molecule has 3 heteroatoms. The molecule has 0 saturated carbocycles. The van der Waals surface area contributed by atoms with Crippen LogP contribution in [0.25, 0.3) is 0 Å². The molecule has 112 valence electrons. The zero-order valence-corrected chi connectivity index (χ0v) is 13.7. The number of hydrogen-bond acceptors (Lipinski definition) is 2. The first-order valence-electron chi connectivity index (χ1n) is 7.72. The van der Waals surface area contributed by atoms with Gasteiger partial charge < -0.3 is 10.2 Å². The fourth-order valence-corrected chi connectivity index (χ4v) is 3.09. The van der Waals surface area contributed by atoms with E-state index in [4.69, 9.17) is 0 Å². The minimum Gasteiger partial charge on any atom is -0.342 e. The molecule has 1 saturated heterocycles. The van der Waals surface area contributed by atoms with Crippen molar-refractivity contribution in [3.05, 3.63) is 0 Å². The van der Waals surface area contributed by atoms with Crippen LogP contribution in [0.3, 0.4) is 0 Å². The van der Waals surface area contributed by atoms with Crippen LogP contribution in [0.15, 0.2) is 0 Å². The van der Waals surface area contributed by atoms with E-state index in [-0.39, 0.29) is 16.9 Å². The number of rotatable bonds is 4. The third kappa shape index (κ3) is 3.71. The number of nitrogens with zero attached hydrogens (tertiary/aromatic N) is 1. The lowest BCUT2D eigenvalue weighted by atomic mass is 9.73.